The zero-order valence-corrected chi connectivity index (χ0v) is 11.1. The smallest absolute Gasteiger partial charge is 0.225 e. The van der Waals surface area contributed by atoms with Crippen LogP contribution in [0.2, 0.25) is 0 Å². The highest BCUT2D eigenvalue weighted by Crippen LogP contribution is 2.39. The van der Waals surface area contributed by atoms with Crippen molar-refractivity contribution in [2.24, 2.45) is 17.3 Å². The maximum absolute atomic E-state index is 12.2. The van der Waals surface area contributed by atoms with Gasteiger partial charge in [-0.2, -0.15) is 0 Å². The molecule has 1 N–H and O–H groups in total. The summed E-state index contributed by atoms with van der Waals surface area (Å²) in [5.41, 5.74) is 0.0829. The number of hydrogen-bond donors (Lipinski definition) is 1. The fraction of sp³-hybridized carbons (Fsp3) is 0.929. The predicted molar refractivity (Wildman–Crippen MR) is 67.5 cm³/mol. The highest BCUT2D eigenvalue weighted by Gasteiger charge is 2.38. The van der Waals surface area contributed by atoms with E-state index in [2.05, 4.69) is 13.8 Å². The number of carbonyl (C=O) groups excluding carboxylic acids is 1. The second-order valence-electron chi connectivity index (χ2n) is 5.96. The van der Waals surface area contributed by atoms with Crippen LogP contribution < -0.4 is 0 Å². The zero-order valence-electron chi connectivity index (χ0n) is 11.1. The SMILES string of the molecule is CCC1(CO)CCN(C(=O)C(C)C2CC2)CC1. The molecule has 2 rings (SSSR count). The summed E-state index contributed by atoms with van der Waals surface area (Å²) in [5, 5.41) is 9.47. The Morgan fingerprint density at radius 2 is 2.00 bits per heavy atom. The predicted octanol–water partition coefficient (Wildman–Crippen LogP) is 2.04. The van der Waals surface area contributed by atoms with Crippen LogP contribution in [-0.4, -0.2) is 35.6 Å². The zero-order chi connectivity index (χ0) is 12.5. The van der Waals surface area contributed by atoms with E-state index in [-0.39, 0.29) is 17.9 Å². The van der Waals surface area contributed by atoms with E-state index in [1.165, 1.54) is 12.8 Å². The van der Waals surface area contributed by atoms with E-state index in [9.17, 15) is 9.90 Å². The van der Waals surface area contributed by atoms with E-state index in [0.29, 0.717) is 11.8 Å². The van der Waals surface area contributed by atoms with Crippen LogP contribution in [-0.2, 0) is 4.79 Å². The molecule has 2 aliphatic rings. The third-order valence-corrected chi connectivity index (χ3v) is 4.94. The van der Waals surface area contributed by atoms with Gasteiger partial charge in [-0.15, -0.1) is 0 Å². The number of aliphatic hydroxyl groups excluding tert-OH is 1. The molecule has 1 amide bonds. The molecular formula is C14H25NO2. The minimum absolute atomic E-state index is 0.0829. The van der Waals surface area contributed by atoms with Crippen molar-refractivity contribution in [1.82, 2.24) is 4.90 Å². The molecule has 1 heterocycles. The van der Waals surface area contributed by atoms with E-state index in [1.54, 1.807) is 0 Å². The summed E-state index contributed by atoms with van der Waals surface area (Å²) in [4.78, 5) is 14.3. The summed E-state index contributed by atoms with van der Waals surface area (Å²) in [5.74, 6) is 1.21. The van der Waals surface area contributed by atoms with Crippen LogP contribution in [0.4, 0.5) is 0 Å². The molecule has 1 aliphatic heterocycles. The van der Waals surface area contributed by atoms with Gasteiger partial charge in [0.05, 0.1) is 0 Å². The van der Waals surface area contributed by atoms with Crippen molar-refractivity contribution in [1.29, 1.82) is 0 Å². The summed E-state index contributed by atoms with van der Waals surface area (Å²) in [6, 6.07) is 0. The van der Waals surface area contributed by atoms with Crippen LogP contribution in [0.3, 0.4) is 0 Å². The molecule has 0 aromatic heterocycles. The number of likely N-dealkylation sites (tertiary alicyclic amines) is 1. The van der Waals surface area contributed by atoms with Gasteiger partial charge in [0.25, 0.3) is 0 Å². The molecule has 0 bridgehead atoms. The average molecular weight is 239 g/mol. The number of piperidine rings is 1. The number of carbonyl (C=O) groups is 1. The first-order chi connectivity index (χ1) is 8.12. The van der Waals surface area contributed by atoms with Gasteiger partial charge in [-0.05, 0) is 43.4 Å². The maximum Gasteiger partial charge on any atom is 0.225 e. The number of aliphatic hydroxyl groups is 1. The molecule has 1 atom stereocenters. The Bertz CT molecular complexity index is 272. The van der Waals surface area contributed by atoms with Gasteiger partial charge in [-0.1, -0.05) is 13.8 Å². The number of nitrogens with zero attached hydrogens (tertiary/aromatic N) is 1. The Labute approximate surface area is 104 Å². The van der Waals surface area contributed by atoms with Crippen molar-refractivity contribution in [2.45, 2.75) is 46.0 Å². The molecule has 0 aromatic rings. The van der Waals surface area contributed by atoms with E-state index in [0.717, 1.165) is 32.4 Å². The Kier molecular flexibility index (Phi) is 3.76. The van der Waals surface area contributed by atoms with Crippen molar-refractivity contribution in [3.63, 3.8) is 0 Å². The lowest BCUT2D eigenvalue weighted by Gasteiger charge is -2.41. The molecule has 2 fully saturated rings. The second kappa shape index (κ2) is 4.97. The first kappa shape index (κ1) is 12.9. The largest absolute Gasteiger partial charge is 0.396 e. The molecule has 3 nitrogen and oxygen atoms in total. The third kappa shape index (κ3) is 2.65. The molecule has 1 aliphatic carbocycles. The Morgan fingerprint density at radius 1 is 1.41 bits per heavy atom. The minimum Gasteiger partial charge on any atom is -0.396 e. The maximum atomic E-state index is 12.2. The lowest BCUT2D eigenvalue weighted by molar-refractivity contribution is -0.138. The molecule has 0 aromatic carbocycles. The molecule has 0 spiro atoms. The standard InChI is InChI=1S/C14H25NO2/c1-3-14(10-16)6-8-15(9-7-14)13(17)11(2)12-4-5-12/h11-12,16H,3-10H2,1-2H3. The quantitative estimate of drug-likeness (QED) is 0.815. The van der Waals surface area contributed by atoms with Gasteiger partial charge in [-0.3, -0.25) is 4.79 Å². The first-order valence-electron chi connectivity index (χ1n) is 7.01. The van der Waals surface area contributed by atoms with Gasteiger partial charge in [0.15, 0.2) is 0 Å². The van der Waals surface area contributed by atoms with Crippen LogP contribution in [0.1, 0.15) is 46.0 Å². The number of rotatable bonds is 4. The second-order valence-corrected chi connectivity index (χ2v) is 5.96. The number of hydrogen-bond acceptors (Lipinski definition) is 2. The van der Waals surface area contributed by atoms with Gasteiger partial charge in [0.1, 0.15) is 0 Å². The molecule has 98 valence electrons. The molecule has 3 heteroatoms. The van der Waals surface area contributed by atoms with E-state index >= 15 is 0 Å². The summed E-state index contributed by atoms with van der Waals surface area (Å²) in [6.07, 6.45) is 5.41. The Hall–Kier alpha value is -0.570. The van der Waals surface area contributed by atoms with Crippen LogP contribution in [0, 0.1) is 17.3 Å². The fourth-order valence-corrected chi connectivity index (χ4v) is 2.91. The van der Waals surface area contributed by atoms with Gasteiger partial charge >= 0.3 is 0 Å². The summed E-state index contributed by atoms with van der Waals surface area (Å²) < 4.78 is 0. The van der Waals surface area contributed by atoms with Crippen molar-refractivity contribution < 1.29 is 9.90 Å². The summed E-state index contributed by atoms with van der Waals surface area (Å²) in [6.45, 7) is 6.16. The normalized spacial score (nSPS) is 25.7. The first-order valence-corrected chi connectivity index (χ1v) is 7.01. The lowest BCUT2D eigenvalue weighted by atomic mass is 9.77. The molecule has 1 saturated carbocycles. The molecule has 1 saturated heterocycles. The van der Waals surface area contributed by atoms with Crippen LogP contribution in [0.5, 0.6) is 0 Å². The van der Waals surface area contributed by atoms with Crippen LogP contribution >= 0.6 is 0 Å². The van der Waals surface area contributed by atoms with Gasteiger partial charge in [0, 0.05) is 25.6 Å². The van der Waals surface area contributed by atoms with E-state index in [1.807, 2.05) is 4.90 Å². The molecule has 17 heavy (non-hydrogen) atoms. The highest BCUT2D eigenvalue weighted by atomic mass is 16.3. The van der Waals surface area contributed by atoms with Crippen molar-refractivity contribution in [3.05, 3.63) is 0 Å². The van der Waals surface area contributed by atoms with Crippen LogP contribution in [0.15, 0.2) is 0 Å². The monoisotopic (exact) mass is 239 g/mol. The molecule has 1 unspecified atom stereocenters. The van der Waals surface area contributed by atoms with Gasteiger partial charge < -0.3 is 10.0 Å². The van der Waals surface area contributed by atoms with Crippen molar-refractivity contribution in [2.75, 3.05) is 19.7 Å². The average Bonchev–Trinajstić information content (AvgIpc) is 3.21. The summed E-state index contributed by atoms with van der Waals surface area (Å²) >= 11 is 0. The van der Waals surface area contributed by atoms with Crippen molar-refractivity contribution >= 4 is 5.91 Å². The van der Waals surface area contributed by atoms with Gasteiger partial charge in [-0.25, -0.2) is 0 Å². The highest BCUT2D eigenvalue weighted by molar-refractivity contribution is 5.79. The van der Waals surface area contributed by atoms with E-state index in [4.69, 9.17) is 0 Å². The topological polar surface area (TPSA) is 40.5 Å². The Morgan fingerprint density at radius 3 is 2.41 bits per heavy atom. The molecule has 0 radical (unpaired) electrons. The lowest BCUT2D eigenvalue weighted by Crippen LogP contribution is -2.46. The fourth-order valence-electron chi connectivity index (χ4n) is 2.91. The van der Waals surface area contributed by atoms with E-state index < -0.39 is 0 Å². The van der Waals surface area contributed by atoms with Gasteiger partial charge in [0.2, 0.25) is 5.91 Å². The van der Waals surface area contributed by atoms with Crippen molar-refractivity contribution in [3.8, 4) is 0 Å². The van der Waals surface area contributed by atoms with Crippen LogP contribution in [0.25, 0.3) is 0 Å². The molecular weight excluding hydrogens is 214 g/mol. The third-order valence-electron chi connectivity index (χ3n) is 4.94. The Balaban J connectivity index is 1.87. The summed E-state index contributed by atoms with van der Waals surface area (Å²) in [7, 11) is 0. The minimum atomic E-state index is 0.0829. The number of amides is 1.